The zero-order valence-corrected chi connectivity index (χ0v) is 27.1. The van der Waals surface area contributed by atoms with Crippen LogP contribution in [0.15, 0.2) is 72.8 Å². The van der Waals surface area contributed by atoms with Gasteiger partial charge in [-0.25, -0.2) is 12.8 Å². The van der Waals surface area contributed by atoms with Gasteiger partial charge in [0.15, 0.2) is 0 Å². The van der Waals surface area contributed by atoms with E-state index in [4.69, 9.17) is 23.2 Å². The van der Waals surface area contributed by atoms with Crippen molar-refractivity contribution in [2.24, 2.45) is 0 Å². The lowest BCUT2D eigenvalue weighted by atomic mass is 9.94. The molecule has 44 heavy (non-hydrogen) atoms. The van der Waals surface area contributed by atoms with Crippen LogP contribution >= 0.6 is 23.2 Å². The lowest BCUT2D eigenvalue weighted by Gasteiger charge is -2.34. The van der Waals surface area contributed by atoms with Gasteiger partial charge in [-0.15, -0.1) is 0 Å². The fourth-order valence-corrected chi connectivity index (χ4v) is 6.98. The Labute approximate surface area is 269 Å². The number of halogens is 3. The smallest absolute Gasteiger partial charge is 0.243 e. The van der Waals surface area contributed by atoms with E-state index < -0.39 is 21.9 Å². The van der Waals surface area contributed by atoms with E-state index in [9.17, 15) is 22.4 Å². The third kappa shape index (κ3) is 9.68. The van der Waals surface area contributed by atoms with Crippen molar-refractivity contribution in [3.8, 4) is 0 Å². The molecule has 2 amide bonds. The van der Waals surface area contributed by atoms with Gasteiger partial charge < -0.3 is 10.2 Å². The van der Waals surface area contributed by atoms with E-state index >= 15 is 0 Å². The highest BCUT2D eigenvalue weighted by Gasteiger charge is 2.32. The summed E-state index contributed by atoms with van der Waals surface area (Å²) in [6.45, 7) is 0.0710. The Hall–Kier alpha value is -3.14. The van der Waals surface area contributed by atoms with Crippen LogP contribution in [0.25, 0.3) is 0 Å². The number of rotatable bonds is 13. The van der Waals surface area contributed by atoms with Crippen LogP contribution in [0.4, 0.5) is 10.1 Å². The molecule has 1 aliphatic carbocycles. The molecule has 4 rings (SSSR count). The summed E-state index contributed by atoms with van der Waals surface area (Å²) in [5.74, 6) is -1.03. The number of carbonyl (C=O) groups excluding carboxylic acids is 2. The van der Waals surface area contributed by atoms with Crippen LogP contribution in [-0.2, 0) is 32.6 Å². The minimum atomic E-state index is -3.70. The maximum Gasteiger partial charge on any atom is 0.243 e. The van der Waals surface area contributed by atoms with E-state index in [2.05, 4.69) is 5.32 Å². The molecule has 236 valence electrons. The molecule has 0 unspecified atom stereocenters. The van der Waals surface area contributed by atoms with Crippen molar-refractivity contribution in [2.75, 3.05) is 17.1 Å². The summed E-state index contributed by atoms with van der Waals surface area (Å²) in [7, 11) is -3.70. The third-order valence-corrected chi connectivity index (χ3v) is 9.63. The summed E-state index contributed by atoms with van der Waals surface area (Å²) in [6.07, 6.45) is 6.53. The number of nitrogens with one attached hydrogen (secondary N) is 1. The summed E-state index contributed by atoms with van der Waals surface area (Å²) < 4.78 is 39.8. The minimum absolute atomic E-state index is 0.00334. The number of anilines is 1. The van der Waals surface area contributed by atoms with E-state index in [0.29, 0.717) is 27.7 Å². The monoisotopic (exact) mass is 661 g/mol. The zero-order valence-electron chi connectivity index (χ0n) is 24.7. The van der Waals surface area contributed by atoms with E-state index in [1.165, 1.54) is 24.3 Å². The van der Waals surface area contributed by atoms with Gasteiger partial charge in [0.1, 0.15) is 11.9 Å². The van der Waals surface area contributed by atoms with Crippen molar-refractivity contribution in [1.29, 1.82) is 0 Å². The fraction of sp³-hybridized carbons (Fsp3) is 0.394. The van der Waals surface area contributed by atoms with Crippen LogP contribution in [0.2, 0.25) is 10.0 Å². The van der Waals surface area contributed by atoms with Crippen molar-refractivity contribution in [3.63, 3.8) is 0 Å². The Morgan fingerprint density at radius 1 is 0.977 bits per heavy atom. The highest BCUT2D eigenvalue weighted by Crippen LogP contribution is 2.26. The van der Waals surface area contributed by atoms with Crippen molar-refractivity contribution < 1.29 is 22.4 Å². The third-order valence-electron chi connectivity index (χ3n) is 7.85. The first-order valence-corrected chi connectivity index (χ1v) is 17.4. The van der Waals surface area contributed by atoms with Crippen LogP contribution in [-0.4, -0.2) is 50.0 Å². The van der Waals surface area contributed by atoms with Crippen LogP contribution in [0.3, 0.4) is 0 Å². The maximum absolute atomic E-state index is 14.0. The van der Waals surface area contributed by atoms with Crippen molar-refractivity contribution in [1.82, 2.24) is 10.2 Å². The molecule has 0 aliphatic heterocycles. The van der Waals surface area contributed by atoms with Crippen LogP contribution in [0.1, 0.15) is 56.1 Å². The molecule has 0 heterocycles. The standard InChI is InChI=1S/C33H38Cl2FN3O4S/c1-44(42,43)39(29-18-16-27(36)17-19-29)20-8-13-32(40)38(23-25-14-15-26(34)22-30(25)35)31(21-24-9-4-2-5-10-24)33(41)37-28-11-6-3-7-12-28/h2,4-5,9-10,14-19,22,28,31H,3,6-8,11-13,20-21,23H2,1H3,(H,37,41)/t31-/m0/s1. The van der Waals surface area contributed by atoms with Crippen LogP contribution in [0, 0.1) is 5.82 Å². The zero-order chi connectivity index (χ0) is 31.7. The molecule has 0 aromatic heterocycles. The van der Waals surface area contributed by atoms with Gasteiger partial charge in [-0.2, -0.15) is 0 Å². The van der Waals surface area contributed by atoms with Gasteiger partial charge in [0.25, 0.3) is 0 Å². The van der Waals surface area contributed by atoms with Crippen molar-refractivity contribution >= 4 is 50.7 Å². The lowest BCUT2D eigenvalue weighted by Crippen LogP contribution is -2.53. The molecule has 3 aromatic rings. The van der Waals surface area contributed by atoms with Gasteiger partial charge in [-0.3, -0.25) is 13.9 Å². The number of carbonyl (C=O) groups is 2. The summed E-state index contributed by atoms with van der Waals surface area (Å²) in [5.41, 5.74) is 1.84. The molecule has 1 aliphatic rings. The molecule has 0 radical (unpaired) electrons. The Balaban J connectivity index is 1.61. The predicted molar refractivity (Wildman–Crippen MR) is 174 cm³/mol. The fourth-order valence-electron chi connectivity index (χ4n) is 5.54. The molecule has 1 N–H and O–H groups in total. The normalized spacial score (nSPS) is 14.5. The first kappa shape index (κ1) is 33.7. The second-order valence-electron chi connectivity index (χ2n) is 11.2. The van der Waals surface area contributed by atoms with E-state index in [0.717, 1.165) is 48.2 Å². The summed E-state index contributed by atoms with van der Waals surface area (Å²) in [5, 5.41) is 4.03. The van der Waals surface area contributed by atoms with E-state index in [1.54, 1.807) is 23.1 Å². The van der Waals surface area contributed by atoms with Gasteiger partial charge in [-0.1, -0.05) is 78.9 Å². The topological polar surface area (TPSA) is 86.8 Å². The highest BCUT2D eigenvalue weighted by atomic mass is 35.5. The number of nitrogens with zero attached hydrogens (tertiary/aromatic N) is 2. The molecular weight excluding hydrogens is 624 g/mol. The van der Waals surface area contributed by atoms with Gasteiger partial charge in [0.2, 0.25) is 21.8 Å². The summed E-state index contributed by atoms with van der Waals surface area (Å²) >= 11 is 12.7. The number of hydrogen-bond acceptors (Lipinski definition) is 4. The summed E-state index contributed by atoms with van der Waals surface area (Å²) in [4.78, 5) is 29.5. The average molecular weight is 663 g/mol. The van der Waals surface area contributed by atoms with Crippen molar-refractivity contribution in [2.45, 2.75) is 70.0 Å². The quantitative estimate of drug-likeness (QED) is 0.219. The molecule has 7 nitrogen and oxygen atoms in total. The Morgan fingerprint density at radius 3 is 2.30 bits per heavy atom. The van der Waals surface area contributed by atoms with E-state index in [-0.39, 0.29) is 43.8 Å². The largest absolute Gasteiger partial charge is 0.352 e. The molecule has 1 atom stereocenters. The second kappa shape index (κ2) is 15.7. The van der Waals surface area contributed by atoms with Crippen LogP contribution in [0.5, 0.6) is 0 Å². The first-order chi connectivity index (χ1) is 21.0. The van der Waals surface area contributed by atoms with Crippen molar-refractivity contribution in [3.05, 3.63) is 99.8 Å². The average Bonchev–Trinajstić information content (AvgIpc) is 2.99. The molecule has 1 saturated carbocycles. The highest BCUT2D eigenvalue weighted by molar-refractivity contribution is 7.92. The number of amides is 2. The minimum Gasteiger partial charge on any atom is -0.352 e. The molecule has 0 saturated heterocycles. The first-order valence-electron chi connectivity index (χ1n) is 14.8. The SMILES string of the molecule is CS(=O)(=O)N(CCCC(=O)N(Cc1ccc(Cl)cc1Cl)[C@@H](Cc1ccccc1)C(=O)NC1CCCCC1)c1ccc(F)cc1. The van der Waals surface area contributed by atoms with Gasteiger partial charge in [0.05, 0.1) is 11.9 Å². The van der Waals surface area contributed by atoms with Crippen LogP contribution < -0.4 is 9.62 Å². The maximum atomic E-state index is 14.0. The van der Waals surface area contributed by atoms with Gasteiger partial charge in [-0.05, 0) is 66.8 Å². The molecule has 11 heteroatoms. The van der Waals surface area contributed by atoms with Gasteiger partial charge in [0, 0.05) is 42.0 Å². The Morgan fingerprint density at radius 2 is 1.66 bits per heavy atom. The molecular formula is C33H38Cl2FN3O4S. The van der Waals surface area contributed by atoms with Gasteiger partial charge >= 0.3 is 0 Å². The molecule has 0 bridgehead atoms. The lowest BCUT2D eigenvalue weighted by molar-refractivity contribution is -0.141. The Bertz CT molecular complexity index is 1520. The molecule has 1 fully saturated rings. The van der Waals surface area contributed by atoms with E-state index in [1.807, 2.05) is 30.3 Å². The molecule has 3 aromatic carbocycles. The number of hydrogen-bond donors (Lipinski definition) is 1. The number of benzene rings is 3. The summed E-state index contributed by atoms with van der Waals surface area (Å²) in [6, 6.07) is 18.9. The second-order valence-corrected chi connectivity index (χ2v) is 14.0. The molecule has 0 spiro atoms. The Kier molecular flexibility index (Phi) is 12.1. The number of sulfonamides is 1. The predicted octanol–water partition coefficient (Wildman–Crippen LogP) is 6.77.